The molecule has 0 aromatic heterocycles. The van der Waals surface area contributed by atoms with E-state index in [2.05, 4.69) is 48.1 Å². The zero-order chi connectivity index (χ0) is 10.6. The van der Waals surface area contributed by atoms with Crippen LogP contribution >= 0.6 is 0 Å². The fourth-order valence-electron chi connectivity index (χ4n) is 1.74. The van der Waals surface area contributed by atoms with Crippen LogP contribution in [-0.2, 0) is 0 Å². The predicted molar refractivity (Wildman–Crippen MR) is 61.8 cm³/mol. The fraction of sp³-hybridized carbons (Fsp3) is 0.846. The molecule has 0 spiro atoms. The van der Waals surface area contributed by atoms with Crippen molar-refractivity contribution in [2.24, 2.45) is 17.3 Å². The van der Waals surface area contributed by atoms with Gasteiger partial charge in [0.15, 0.2) is 0 Å². The van der Waals surface area contributed by atoms with Crippen molar-refractivity contribution in [2.45, 2.75) is 54.4 Å². The minimum Gasteiger partial charge on any atom is -0.0999 e. The highest BCUT2D eigenvalue weighted by atomic mass is 14.4. The summed E-state index contributed by atoms with van der Waals surface area (Å²) in [7, 11) is 0. The first kappa shape index (κ1) is 12.7. The van der Waals surface area contributed by atoms with E-state index in [4.69, 9.17) is 0 Å². The summed E-state index contributed by atoms with van der Waals surface area (Å²) in [6.45, 7) is 18.0. The molecule has 0 atom stereocenters. The summed E-state index contributed by atoms with van der Waals surface area (Å²) >= 11 is 0. The van der Waals surface area contributed by atoms with E-state index in [1.807, 2.05) is 0 Å². The van der Waals surface area contributed by atoms with Gasteiger partial charge in [0, 0.05) is 0 Å². The molecule has 0 fully saturated rings. The smallest absolute Gasteiger partial charge is 0.0243 e. The van der Waals surface area contributed by atoms with Gasteiger partial charge in [0.05, 0.1) is 0 Å². The average Bonchev–Trinajstić information content (AvgIpc) is 2.03. The van der Waals surface area contributed by atoms with E-state index in [0.717, 1.165) is 18.3 Å². The van der Waals surface area contributed by atoms with E-state index < -0.39 is 0 Å². The monoisotopic (exact) mass is 182 g/mol. The molecule has 0 nitrogen and oxygen atoms in total. The molecule has 0 N–H and O–H groups in total. The van der Waals surface area contributed by atoms with Crippen molar-refractivity contribution in [3.63, 3.8) is 0 Å². The Kier molecular flexibility index (Phi) is 4.74. The van der Waals surface area contributed by atoms with Gasteiger partial charge in [-0.3, -0.25) is 0 Å². The Morgan fingerprint density at radius 3 is 1.77 bits per heavy atom. The molecule has 0 heterocycles. The molecule has 0 saturated heterocycles. The van der Waals surface area contributed by atoms with Crippen molar-refractivity contribution in [3.8, 4) is 0 Å². The zero-order valence-electron chi connectivity index (χ0n) is 10.3. The highest BCUT2D eigenvalue weighted by molar-refractivity contribution is 5.00. The van der Waals surface area contributed by atoms with E-state index in [0.29, 0.717) is 5.41 Å². The van der Waals surface area contributed by atoms with Crippen LogP contribution in [0.4, 0.5) is 0 Å². The van der Waals surface area contributed by atoms with Crippen LogP contribution < -0.4 is 0 Å². The minimum absolute atomic E-state index is 0.424. The van der Waals surface area contributed by atoms with Crippen LogP contribution in [0.3, 0.4) is 0 Å². The van der Waals surface area contributed by atoms with Crippen molar-refractivity contribution in [2.75, 3.05) is 0 Å². The Balaban J connectivity index is 4.51. The SMILES string of the molecule is C=C(CC)CC(C)(C(C)C)C(C)C. The number of hydrogen-bond donors (Lipinski definition) is 0. The molecule has 0 aliphatic rings. The lowest BCUT2D eigenvalue weighted by atomic mass is 9.67. The summed E-state index contributed by atoms with van der Waals surface area (Å²) in [5.41, 5.74) is 1.82. The lowest BCUT2D eigenvalue weighted by Gasteiger charge is -2.38. The van der Waals surface area contributed by atoms with Crippen LogP contribution in [0.2, 0.25) is 0 Å². The van der Waals surface area contributed by atoms with E-state index in [1.54, 1.807) is 0 Å². The molecule has 0 saturated carbocycles. The maximum absolute atomic E-state index is 4.12. The largest absolute Gasteiger partial charge is 0.0999 e. The second-order valence-corrected chi connectivity index (χ2v) is 5.10. The molecule has 0 aliphatic heterocycles. The van der Waals surface area contributed by atoms with Gasteiger partial charge in [0.2, 0.25) is 0 Å². The summed E-state index contributed by atoms with van der Waals surface area (Å²) in [6.07, 6.45) is 2.30. The van der Waals surface area contributed by atoms with Crippen LogP contribution in [-0.4, -0.2) is 0 Å². The van der Waals surface area contributed by atoms with Gasteiger partial charge in [-0.25, -0.2) is 0 Å². The van der Waals surface area contributed by atoms with Crippen LogP contribution in [0.25, 0.3) is 0 Å². The van der Waals surface area contributed by atoms with Crippen molar-refractivity contribution in [1.29, 1.82) is 0 Å². The Morgan fingerprint density at radius 1 is 1.15 bits per heavy atom. The molecule has 0 radical (unpaired) electrons. The molecule has 0 amide bonds. The quantitative estimate of drug-likeness (QED) is 0.542. The van der Waals surface area contributed by atoms with Gasteiger partial charge >= 0.3 is 0 Å². The number of allylic oxidation sites excluding steroid dienone is 1. The Hall–Kier alpha value is -0.260. The lowest BCUT2D eigenvalue weighted by molar-refractivity contribution is 0.136. The molecular weight excluding hydrogens is 156 g/mol. The first-order chi connectivity index (χ1) is 5.84. The second-order valence-electron chi connectivity index (χ2n) is 5.10. The van der Waals surface area contributed by atoms with Crippen LogP contribution in [0, 0.1) is 17.3 Å². The molecule has 0 aromatic rings. The first-order valence-corrected chi connectivity index (χ1v) is 5.51. The van der Waals surface area contributed by atoms with Gasteiger partial charge in [-0.1, -0.05) is 53.7 Å². The van der Waals surface area contributed by atoms with Crippen molar-refractivity contribution in [1.82, 2.24) is 0 Å². The molecule has 78 valence electrons. The van der Waals surface area contributed by atoms with Crippen LogP contribution in [0.15, 0.2) is 12.2 Å². The highest BCUT2D eigenvalue weighted by Gasteiger charge is 2.31. The molecule has 0 heteroatoms. The molecule has 13 heavy (non-hydrogen) atoms. The van der Waals surface area contributed by atoms with Gasteiger partial charge in [0.25, 0.3) is 0 Å². The predicted octanol–water partition coefficient (Wildman–Crippen LogP) is 4.66. The number of rotatable bonds is 5. The third kappa shape index (κ3) is 3.17. The third-order valence-electron chi connectivity index (χ3n) is 3.77. The van der Waals surface area contributed by atoms with E-state index in [-0.39, 0.29) is 0 Å². The fourth-order valence-corrected chi connectivity index (χ4v) is 1.74. The summed E-state index contributed by atoms with van der Waals surface area (Å²) in [5.74, 6) is 1.46. The van der Waals surface area contributed by atoms with E-state index in [9.17, 15) is 0 Å². The number of hydrogen-bond acceptors (Lipinski definition) is 0. The van der Waals surface area contributed by atoms with E-state index >= 15 is 0 Å². The maximum Gasteiger partial charge on any atom is -0.0243 e. The molecule has 0 bridgehead atoms. The minimum atomic E-state index is 0.424. The molecular formula is C13H26. The molecule has 0 rings (SSSR count). The molecule has 0 unspecified atom stereocenters. The van der Waals surface area contributed by atoms with Gasteiger partial charge < -0.3 is 0 Å². The van der Waals surface area contributed by atoms with Crippen LogP contribution in [0.1, 0.15) is 54.4 Å². The Bertz CT molecular complexity index is 155. The van der Waals surface area contributed by atoms with Gasteiger partial charge in [0.1, 0.15) is 0 Å². The molecule has 0 aromatic carbocycles. The normalized spacial score (nSPS) is 12.6. The maximum atomic E-state index is 4.12. The molecule has 0 aliphatic carbocycles. The standard InChI is InChI=1S/C13H26/c1-8-12(6)9-13(7,10(2)3)11(4)5/h10-11H,6,8-9H2,1-5,7H3. The summed E-state index contributed by atoms with van der Waals surface area (Å²) in [6, 6.07) is 0. The highest BCUT2D eigenvalue weighted by Crippen LogP contribution is 2.41. The topological polar surface area (TPSA) is 0 Å². The summed E-state index contributed by atoms with van der Waals surface area (Å²) in [5, 5.41) is 0. The van der Waals surface area contributed by atoms with E-state index in [1.165, 1.54) is 12.0 Å². The Morgan fingerprint density at radius 2 is 1.54 bits per heavy atom. The zero-order valence-corrected chi connectivity index (χ0v) is 10.3. The van der Waals surface area contributed by atoms with Gasteiger partial charge in [-0.05, 0) is 30.1 Å². The van der Waals surface area contributed by atoms with Crippen molar-refractivity contribution in [3.05, 3.63) is 12.2 Å². The first-order valence-electron chi connectivity index (χ1n) is 5.51. The van der Waals surface area contributed by atoms with Gasteiger partial charge in [-0.15, -0.1) is 0 Å². The third-order valence-corrected chi connectivity index (χ3v) is 3.77. The lowest BCUT2D eigenvalue weighted by Crippen LogP contribution is -2.30. The van der Waals surface area contributed by atoms with Crippen molar-refractivity contribution < 1.29 is 0 Å². The summed E-state index contributed by atoms with van der Waals surface area (Å²) < 4.78 is 0. The summed E-state index contributed by atoms with van der Waals surface area (Å²) in [4.78, 5) is 0. The van der Waals surface area contributed by atoms with Gasteiger partial charge in [-0.2, -0.15) is 0 Å². The average molecular weight is 182 g/mol. The van der Waals surface area contributed by atoms with Crippen molar-refractivity contribution >= 4 is 0 Å². The Labute approximate surface area is 84.4 Å². The van der Waals surface area contributed by atoms with Crippen LogP contribution in [0.5, 0.6) is 0 Å². The second kappa shape index (κ2) is 4.83.